The Labute approximate surface area is 186 Å². The molecule has 2 aromatic carbocycles. The molecule has 0 aliphatic heterocycles. The molecule has 0 aliphatic carbocycles. The van der Waals surface area contributed by atoms with Gasteiger partial charge in [-0.05, 0) is 12.5 Å². The van der Waals surface area contributed by atoms with Crippen molar-refractivity contribution in [3.05, 3.63) is 63.7 Å². The van der Waals surface area contributed by atoms with Crippen LogP contribution >= 0.6 is 8.03 Å². The number of nitro groups is 1. The highest BCUT2D eigenvalue weighted by atomic mass is 31.1. The van der Waals surface area contributed by atoms with Gasteiger partial charge in [0.2, 0.25) is 8.03 Å². The summed E-state index contributed by atoms with van der Waals surface area (Å²) in [7, 11) is 0.546. The van der Waals surface area contributed by atoms with Crippen LogP contribution in [0.1, 0.15) is 18.1 Å². The number of ether oxygens (including phenoxy) is 2. The van der Waals surface area contributed by atoms with Crippen molar-refractivity contribution in [2.75, 3.05) is 27.1 Å². The first kappa shape index (κ1) is 23.6. The first-order chi connectivity index (χ1) is 15.4. The van der Waals surface area contributed by atoms with E-state index in [0.29, 0.717) is 29.7 Å². The van der Waals surface area contributed by atoms with E-state index >= 15 is 0 Å². The molecule has 0 fully saturated rings. The molecule has 1 heterocycles. The molecule has 1 unspecified atom stereocenters. The van der Waals surface area contributed by atoms with Crippen LogP contribution in [0.5, 0.6) is 11.8 Å². The number of hydrogen-bond donors (Lipinski definition) is 0. The minimum absolute atomic E-state index is 0.119. The first-order valence-electron chi connectivity index (χ1n) is 9.94. The summed E-state index contributed by atoms with van der Waals surface area (Å²) in [6.07, 6.45) is 0.193. The average molecular weight is 460 g/mol. The van der Waals surface area contributed by atoms with Gasteiger partial charge in [0.05, 0.1) is 37.6 Å². The van der Waals surface area contributed by atoms with Crippen LogP contribution < -0.4 is 9.47 Å². The van der Waals surface area contributed by atoms with Gasteiger partial charge in [-0.15, -0.1) is 0 Å². The molecule has 0 radical (unpaired) electrons. The third-order valence-corrected chi connectivity index (χ3v) is 5.99. The lowest BCUT2D eigenvalue weighted by molar-refractivity contribution is -0.384. The van der Waals surface area contributed by atoms with Gasteiger partial charge >= 0.3 is 0 Å². The second kappa shape index (κ2) is 11.0. The zero-order valence-corrected chi connectivity index (χ0v) is 19.1. The van der Waals surface area contributed by atoms with Crippen LogP contribution in [0.15, 0.2) is 42.5 Å². The zero-order chi connectivity index (χ0) is 23.1. The molecular weight excluding hydrogens is 435 g/mol. The minimum atomic E-state index is -2.32. The summed E-state index contributed by atoms with van der Waals surface area (Å²) in [6.45, 7) is 2.86. The standard InChI is InChI=1S/C21H25N4O6P/c1-4-31-32(28)14-24(12-15-8-6-5-7-9-15)13-16-10-17(25(26)27)11-18-19(16)23-21(30-3)20(22-18)29-2/h5-11,32H,4,12-14H2,1-3H3. The van der Waals surface area contributed by atoms with Crippen molar-refractivity contribution >= 4 is 24.7 Å². The molecule has 3 rings (SSSR count). The van der Waals surface area contributed by atoms with Gasteiger partial charge in [-0.25, -0.2) is 9.97 Å². The largest absolute Gasteiger partial charge is 0.477 e. The monoisotopic (exact) mass is 460 g/mol. The van der Waals surface area contributed by atoms with E-state index in [1.54, 1.807) is 6.92 Å². The Hall–Kier alpha value is -3.07. The predicted octanol–water partition coefficient (Wildman–Crippen LogP) is 4.03. The van der Waals surface area contributed by atoms with Crippen molar-refractivity contribution in [1.82, 2.24) is 14.9 Å². The predicted molar refractivity (Wildman–Crippen MR) is 120 cm³/mol. The Bertz CT molecular complexity index is 1110. The smallest absolute Gasteiger partial charge is 0.278 e. The normalized spacial score (nSPS) is 12.1. The number of nitrogens with zero attached hydrogens (tertiary/aromatic N) is 4. The van der Waals surface area contributed by atoms with Gasteiger partial charge in [-0.2, -0.15) is 0 Å². The van der Waals surface area contributed by atoms with E-state index in [4.69, 9.17) is 14.0 Å². The third kappa shape index (κ3) is 5.79. The molecule has 0 spiro atoms. The maximum absolute atomic E-state index is 12.4. The van der Waals surface area contributed by atoms with Crippen molar-refractivity contribution in [2.45, 2.75) is 20.0 Å². The van der Waals surface area contributed by atoms with E-state index in [-0.39, 0.29) is 30.3 Å². The summed E-state index contributed by atoms with van der Waals surface area (Å²) < 4.78 is 28.2. The van der Waals surface area contributed by atoms with Gasteiger partial charge in [0.25, 0.3) is 17.4 Å². The number of rotatable bonds is 11. The van der Waals surface area contributed by atoms with Crippen LogP contribution in [0.25, 0.3) is 11.0 Å². The quantitative estimate of drug-likeness (QED) is 0.237. The second-order valence-corrected chi connectivity index (χ2v) is 8.26. The molecule has 0 saturated carbocycles. The maximum Gasteiger partial charge on any atom is 0.278 e. The molecule has 0 aliphatic rings. The Balaban J connectivity index is 2.06. The number of non-ortho nitro benzene ring substituents is 1. The van der Waals surface area contributed by atoms with Gasteiger partial charge in [-0.3, -0.25) is 19.6 Å². The van der Waals surface area contributed by atoms with E-state index in [9.17, 15) is 14.7 Å². The number of methoxy groups -OCH3 is 2. The second-order valence-electron chi connectivity index (χ2n) is 6.91. The molecule has 11 heteroatoms. The van der Waals surface area contributed by atoms with Gasteiger partial charge in [0.1, 0.15) is 5.52 Å². The van der Waals surface area contributed by atoms with Crippen LogP contribution in [-0.4, -0.2) is 46.9 Å². The Morgan fingerprint density at radius 1 is 1.06 bits per heavy atom. The molecule has 0 bridgehead atoms. The zero-order valence-electron chi connectivity index (χ0n) is 18.1. The fraction of sp³-hybridized carbons (Fsp3) is 0.333. The lowest BCUT2D eigenvalue weighted by atomic mass is 10.1. The summed E-state index contributed by atoms with van der Waals surface area (Å²) >= 11 is 0. The van der Waals surface area contributed by atoms with E-state index in [1.165, 1.54) is 26.4 Å². The Morgan fingerprint density at radius 3 is 2.38 bits per heavy atom. The van der Waals surface area contributed by atoms with Crippen molar-refractivity contribution in [3.63, 3.8) is 0 Å². The van der Waals surface area contributed by atoms with Gasteiger partial charge < -0.3 is 14.0 Å². The lowest BCUT2D eigenvalue weighted by Gasteiger charge is -2.22. The van der Waals surface area contributed by atoms with E-state index in [2.05, 4.69) is 9.97 Å². The molecule has 32 heavy (non-hydrogen) atoms. The van der Waals surface area contributed by atoms with E-state index in [0.717, 1.165) is 5.56 Å². The van der Waals surface area contributed by atoms with Crippen LogP contribution in [0, 0.1) is 10.1 Å². The summed E-state index contributed by atoms with van der Waals surface area (Å²) in [5.74, 6) is 0.307. The number of hydrogen-bond acceptors (Lipinski definition) is 9. The summed E-state index contributed by atoms with van der Waals surface area (Å²) in [6, 6.07) is 12.5. The molecule has 0 saturated heterocycles. The average Bonchev–Trinajstić information content (AvgIpc) is 2.78. The fourth-order valence-electron chi connectivity index (χ4n) is 3.31. The summed E-state index contributed by atoms with van der Waals surface area (Å²) in [4.78, 5) is 21.8. The molecular formula is C21H25N4O6P. The van der Waals surface area contributed by atoms with Crippen LogP contribution in [0.4, 0.5) is 5.69 Å². The van der Waals surface area contributed by atoms with Crippen LogP contribution in [-0.2, 0) is 22.2 Å². The molecule has 0 N–H and O–H groups in total. The Kier molecular flexibility index (Phi) is 8.10. The summed E-state index contributed by atoms with van der Waals surface area (Å²) in [5, 5.41) is 11.5. The van der Waals surface area contributed by atoms with Crippen molar-refractivity contribution in [1.29, 1.82) is 0 Å². The highest BCUT2D eigenvalue weighted by Crippen LogP contribution is 2.32. The molecule has 10 nitrogen and oxygen atoms in total. The van der Waals surface area contributed by atoms with Gasteiger partial charge in [-0.1, -0.05) is 30.3 Å². The topological polar surface area (TPSA) is 117 Å². The molecule has 1 atom stereocenters. The van der Waals surface area contributed by atoms with Crippen molar-refractivity contribution in [2.24, 2.45) is 0 Å². The van der Waals surface area contributed by atoms with E-state index in [1.807, 2.05) is 35.2 Å². The molecule has 0 amide bonds. The van der Waals surface area contributed by atoms with E-state index < -0.39 is 13.0 Å². The van der Waals surface area contributed by atoms with Gasteiger partial charge in [0, 0.05) is 30.8 Å². The fourth-order valence-corrected chi connectivity index (χ4v) is 4.32. The molecule has 170 valence electrons. The Morgan fingerprint density at radius 2 is 1.75 bits per heavy atom. The maximum atomic E-state index is 12.4. The van der Waals surface area contributed by atoms with Crippen molar-refractivity contribution < 1.29 is 23.5 Å². The van der Waals surface area contributed by atoms with Gasteiger partial charge in [0.15, 0.2) is 0 Å². The molecule has 1 aromatic heterocycles. The van der Waals surface area contributed by atoms with Crippen LogP contribution in [0.3, 0.4) is 0 Å². The lowest BCUT2D eigenvalue weighted by Crippen LogP contribution is -2.23. The number of aromatic nitrogens is 2. The first-order valence-corrected chi connectivity index (χ1v) is 11.5. The number of nitro benzene ring substituents is 1. The third-order valence-electron chi connectivity index (χ3n) is 4.67. The van der Waals surface area contributed by atoms with Crippen LogP contribution in [0.2, 0.25) is 0 Å². The summed E-state index contributed by atoms with van der Waals surface area (Å²) in [5.41, 5.74) is 2.21. The minimum Gasteiger partial charge on any atom is -0.477 e. The highest BCUT2D eigenvalue weighted by molar-refractivity contribution is 7.39. The molecule has 3 aromatic rings. The number of benzene rings is 2. The number of fused-ring (bicyclic) bond motifs is 1. The SMILES string of the molecule is CCO[PH](=O)CN(Cc1ccccc1)Cc1cc([N+](=O)[O-])cc2nc(OC)c(OC)nc12. The highest BCUT2D eigenvalue weighted by Gasteiger charge is 2.20. The van der Waals surface area contributed by atoms with Crippen molar-refractivity contribution in [3.8, 4) is 11.8 Å².